The van der Waals surface area contributed by atoms with Gasteiger partial charge in [-0.05, 0) is 31.5 Å². The van der Waals surface area contributed by atoms with E-state index in [0.717, 1.165) is 30.7 Å². The fourth-order valence-corrected chi connectivity index (χ4v) is 2.06. The van der Waals surface area contributed by atoms with Crippen molar-refractivity contribution in [1.29, 1.82) is 0 Å². The summed E-state index contributed by atoms with van der Waals surface area (Å²) in [7, 11) is 0. The number of amides is 1. The number of fused-ring (bicyclic) bond motifs is 1. The van der Waals surface area contributed by atoms with Crippen LogP contribution in [-0.2, 0) is 4.79 Å². The predicted octanol–water partition coefficient (Wildman–Crippen LogP) is 2.16. The summed E-state index contributed by atoms with van der Waals surface area (Å²) in [4.78, 5) is 12.0. The van der Waals surface area contributed by atoms with Gasteiger partial charge in [0, 0.05) is 24.1 Å². The Bertz CT molecular complexity index is 462. The van der Waals surface area contributed by atoms with E-state index >= 15 is 0 Å². The number of hydrogen-bond acceptors (Lipinski definition) is 4. The van der Waals surface area contributed by atoms with E-state index in [1.165, 1.54) is 0 Å². The van der Waals surface area contributed by atoms with Gasteiger partial charge in [-0.2, -0.15) is 0 Å². The Morgan fingerprint density at radius 2 is 2.10 bits per heavy atom. The molecule has 1 amide bonds. The minimum atomic E-state index is -0.0467. The van der Waals surface area contributed by atoms with Gasteiger partial charge in [-0.3, -0.25) is 4.79 Å². The van der Waals surface area contributed by atoms with Crippen molar-refractivity contribution in [2.75, 3.05) is 25.1 Å². The Balaban J connectivity index is 1.99. The van der Waals surface area contributed by atoms with Gasteiger partial charge < -0.3 is 20.5 Å². The molecule has 0 aromatic heterocycles. The molecule has 0 spiro atoms. The Kier molecular flexibility index (Phi) is 5.24. The zero-order chi connectivity index (χ0) is 14.4. The third-order valence-electron chi connectivity index (χ3n) is 3.30. The van der Waals surface area contributed by atoms with Crippen LogP contribution < -0.4 is 20.5 Å². The number of anilines is 1. The molecular weight excluding hydrogens is 256 g/mol. The summed E-state index contributed by atoms with van der Waals surface area (Å²) in [6.07, 6.45) is 2.52. The first kappa shape index (κ1) is 14.7. The molecular formula is C15H22N2O3. The van der Waals surface area contributed by atoms with Crippen LogP contribution >= 0.6 is 0 Å². The molecule has 1 aromatic rings. The number of benzene rings is 1. The molecule has 1 aliphatic heterocycles. The number of nitrogens with two attached hydrogens (primary N) is 1. The summed E-state index contributed by atoms with van der Waals surface area (Å²) >= 11 is 0. The van der Waals surface area contributed by atoms with Crippen molar-refractivity contribution in [3.8, 4) is 11.5 Å². The molecule has 0 saturated heterocycles. The van der Waals surface area contributed by atoms with Crippen LogP contribution in [0.1, 0.15) is 26.2 Å². The largest absolute Gasteiger partial charge is 0.490 e. The summed E-state index contributed by atoms with van der Waals surface area (Å²) in [5.41, 5.74) is 6.19. The van der Waals surface area contributed by atoms with Crippen LogP contribution in [0.15, 0.2) is 18.2 Å². The molecule has 1 heterocycles. The van der Waals surface area contributed by atoms with E-state index in [1.807, 2.05) is 25.1 Å². The monoisotopic (exact) mass is 278 g/mol. The van der Waals surface area contributed by atoms with Crippen LogP contribution in [0.4, 0.5) is 5.69 Å². The number of carbonyl (C=O) groups excluding carboxylic acids is 1. The van der Waals surface area contributed by atoms with E-state index in [0.29, 0.717) is 25.5 Å². The number of hydrogen-bond donors (Lipinski definition) is 2. The molecule has 20 heavy (non-hydrogen) atoms. The van der Waals surface area contributed by atoms with Gasteiger partial charge in [-0.15, -0.1) is 0 Å². The van der Waals surface area contributed by atoms with E-state index in [9.17, 15) is 4.79 Å². The molecule has 5 heteroatoms. The Hall–Kier alpha value is -1.75. The van der Waals surface area contributed by atoms with Crippen molar-refractivity contribution in [3.63, 3.8) is 0 Å². The lowest BCUT2D eigenvalue weighted by molar-refractivity contribution is -0.119. The second-order valence-corrected chi connectivity index (χ2v) is 5.03. The maximum absolute atomic E-state index is 12.0. The van der Waals surface area contributed by atoms with E-state index in [-0.39, 0.29) is 11.8 Å². The average Bonchev–Trinajstić information content (AvgIpc) is 2.69. The minimum absolute atomic E-state index is 0.00735. The maximum atomic E-state index is 12.0. The second kappa shape index (κ2) is 7.14. The van der Waals surface area contributed by atoms with Crippen LogP contribution in [-0.4, -0.2) is 25.7 Å². The lowest BCUT2D eigenvalue weighted by atomic mass is 10.0. The first-order valence-corrected chi connectivity index (χ1v) is 7.11. The van der Waals surface area contributed by atoms with Gasteiger partial charge in [0.15, 0.2) is 11.5 Å². The molecule has 1 aliphatic rings. The molecule has 5 nitrogen and oxygen atoms in total. The SMILES string of the molecule is CC(CCCN)C(=O)Nc1ccc2c(c1)OCCCO2. The lowest BCUT2D eigenvalue weighted by Gasteiger charge is -2.13. The highest BCUT2D eigenvalue weighted by Crippen LogP contribution is 2.32. The molecule has 0 bridgehead atoms. The average molecular weight is 278 g/mol. The van der Waals surface area contributed by atoms with Crippen LogP contribution in [0, 0.1) is 5.92 Å². The highest BCUT2D eigenvalue weighted by atomic mass is 16.5. The molecule has 0 radical (unpaired) electrons. The molecule has 1 atom stereocenters. The molecule has 2 rings (SSSR count). The van der Waals surface area contributed by atoms with E-state index in [2.05, 4.69) is 5.32 Å². The summed E-state index contributed by atoms with van der Waals surface area (Å²) < 4.78 is 11.2. The summed E-state index contributed by atoms with van der Waals surface area (Å²) in [6.45, 7) is 3.82. The molecule has 0 saturated carbocycles. The lowest BCUT2D eigenvalue weighted by Crippen LogP contribution is -2.21. The Labute approximate surface area is 119 Å². The number of rotatable bonds is 5. The van der Waals surface area contributed by atoms with E-state index in [1.54, 1.807) is 0 Å². The molecule has 1 aromatic carbocycles. The molecule has 3 N–H and O–H groups in total. The fraction of sp³-hybridized carbons (Fsp3) is 0.533. The van der Waals surface area contributed by atoms with Gasteiger partial charge in [-0.1, -0.05) is 6.92 Å². The van der Waals surface area contributed by atoms with Crippen molar-refractivity contribution in [1.82, 2.24) is 0 Å². The first-order chi connectivity index (χ1) is 9.70. The van der Waals surface area contributed by atoms with Crippen LogP contribution in [0.2, 0.25) is 0 Å². The number of nitrogens with one attached hydrogen (secondary N) is 1. The Morgan fingerprint density at radius 3 is 2.85 bits per heavy atom. The maximum Gasteiger partial charge on any atom is 0.227 e. The second-order valence-electron chi connectivity index (χ2n) is 5.03. The molecule has 0 fully saturated rings. The summed E-state index contributed by atoms with van der Waals surface area (Å²) in [5.74, 6) is 1.38. The van der Waals surface area contributed by atoms with Gasteiger partial charge in [0.05, 0.1) is 13.2 Å². The third kappa shape index (κ3) is 3.87. The normalized spacial score (nSPS) is 15.3. The van der Waals surface area contributed by atoms with Crippen molar-refractivity contribution < 1.29 is 14.3 Å². The van der Waals surface area contributed by atoms with Crippen LogP contribution in [0.5, 0.6) is 11.5 Å². The predicted molar refractivity (Wildman–Crippen MR) is 78.1 cm³/mol. The molecule has 110 valence electrons. The van der Waals surface area contributed by atoms with Gasteiger partial charge in [-0.25, -0.2) is 0 Å². The Morgan fingerprint density at radius 1 is 1.35 bits per heavy atom. The van der Waals surface area contributed by atoms with E-state index < -0.39 is 0 Å². The van der Waals surface area contributed by atoms with Crippen molar-refractivity contribution >= 4 is 11.6 Å². The van der Waals surface area contributed by atoms with Gasteiger partial charge in [0.2, 0.25) is 5.91 Å². The van der Waals surface area contributed by atoms with E-state index in [4.69, 9.17) is 15.2 Å². The minimum Gasteiger partial charge on any atom is -0.490 e. The highest BCUT2D eigenvalue weighted by molar-refractivity contribution is 5.92. The summed E-state index contributed by atoms with van der Waals surface area (Å²) in [6, 6.07) is 5.48. The van der Waals surface area contributed by atoms with Gasteiger partial charge in [0.25, 0.3) is 0 Å². The van der Waals surface area contributed by atoms with Crippen LogP contribution in [0.25, 0.3) is 0 Å². The third-order valence-corrected chi connectivity index (χ3v) is 3.30. The molecule has 0 aliphatic carbocycles. The molecule has 1 unspecified atom stereocenters. The quantitative estimate of drug-likeness (QED) is 0.865. The van der Waals surface area contributed by atoms with Gasteiger partial charge >= 0.3 is 0 Å². The smallest absolute Gasteiger partial charge is 0.227 e. The number of carbonyl (C=O) groups is 1. The number of ether oxygens (including phenoxy) is 2. The zero-order valence-electron chi connectivity index (χ0n) is 11.9. The standard InChI is InChI=1S/C15H22N2O3/c1-11(4-2-7-16)15(18)17-12-5-6-13-14(10-12)20-9-3-8-19-13/h5-6,10-11H,2-4,7-9,16H2,1H3,(H,17,18). The van der Waals surface area contributed by atoms with Gasteiger partial charge in [0.1, 0.15) is 0 Å². The van der Waals surface area contributed by atoms with Crippen molar-refractivity contribution in [2.24, 2.45) is 11.7 Å². The topological polar surface area (TPSA) is 73.6 Å². The van der Waals surface area contributed by atoms with Crippen molar-refractivity contribution in [2.45, 2.75) is 26.2 Å². The van der Waals surface area contributed by atoms with Crippen LogP contribution in [0.3, 0.4) is 0 Å². The van der Waals surface area contributed by atoms with Crippen molar-refractivity contribution in [3.05, 3.63) is 18.2 Å². The zero-order valence-corrected chi connectivity index (χ0v) is 11.9. The highest BCUT2D eigenvalue weighted by Gasteiger charge is 2.15. The summed E-state index contributed by atoms with van der Waals surface area (Å²) in [5, 5.41) is 2.91. The first-order valence-electron chi connectivity index (χ1n) is 7.11. The fourth-order valence-electron chi connectivity index (χ4n) is 2.06.